The van der Waals surface area contributed by atoms with Crippen LogP contribution in [-0.2, 0) is 16.4 Å². The zero-order valence-electron chi connectivity index (χ0n) is 13.2. The minimum Gasteiger partial charge on any atom is -0.346 e. The van der Waals surface area contributed by atoms with Crippen LogP contribution < -0.4 is 5.32 Å². The molecule has 3 heterocycles. The standard InChI is InChI=1S/C15H17N5O3S/c1-11(10-19-8-5-7-16-19)17-14(21)13-12-6-3-4-9-20(12)15(18-13)24(2,22)23/h3-9,11H,10H2,1-2H3,(H,17,21). The van der Waals surface area contributed by atoms with E-state index in [-0.39, 0.29) is 16.9 Å². The van der Waals surface area contributed by atoms with Crippen LogP contribution in [0.2, 0.25) is 0 Å². The van der Waals surface area contributed by atoms with Crippen molar-refractivity contribution in [3.05, 3.63) is 48.5 Å². The fourth-order valence-corrected chi connectivity index (χ4v) is 3.24. The lowest BCUT2D eigenvalue weighted by Gasteiger charge is -2.13. The van der Waals surface area contributed by atoms with E-state index >= 15 is 0 Å². The first kappa shape index (κ1) is 16.2. The van der Waals surface area contributed by atoms with Gasteiger partial charge in [0.2, 0.25) is 15.0 Å². The molecule has 0 bridgehead atoms. The number of aromatic nitrogens is 4. The summed E-state index contributed by atoms with van der Waals surface area (Å²) < 4.78 is 26.9. The molecule has 9 heteroatoms. The van der Waals surface area contributed by atoms with Crippen molar-refractivity contribution in [2.75, 3.05) is 6.26 Å². The molecular formula is C15H17N5O3S. The molecule has 3 aromatic rings. The number of sulfone groups is 1. The number of pyridine rings is 1. The highest BCUT2D eigenvalue weighted by molar-refractivity contribution is 7.90. The third kappa shape index (κ3) is 3.16. The van der Waals surface area contributed by atoms with Gasteiger partial charge in [-0.05, 0) is 25.1 Å². The number of fused-ring (bicyclic) bond motifs is 1. The number of rotatable bonds is 5. The maximum atomic E-state index is 12.5. The maximum Gasteiger partial charge on any atom is 0.272 e. The summed E-state index contributed by atoms with van der Waals surface area (Å²) in [6.45, 7) is 2.35. The second-order valence-electron chi connectivity index (χ2n) is 5.57. The minimum atomic E-state index is -3.55. The average molecular weight is 347 g/mol. The highest BCUT2D eigenvalue weighted by Crippen LogP contribution is 2.17. The summed E-state index contributed by atoms with van der Waals surface area (Å²) in [5.74, 6) is -0.423. The van der Waals surface area contributed by atoms with Crippen molar-refractivity contribution in [3.8, 4) is 0 Å². The Bertz CT molecular complexity index is 976. The Balaban J connectivity index is 1.90. The summed E-state index contributed by atoms with van der Waals surface area (Å²) >= 11 is 0. The first-order valence-electron chi connectivity index (χ1n) is 7.31. The SMILES string of the molecule is CC(Cn1cccn1)NC(=O)c1nc(S(C)(=O)=O)n2ccccc12. The number of carbonyl (C=O) groups is 1. The molecule has 0 aliphatic carbocycles. The van der Waals surface area contributed by atoms with E-state index in [4.69, 9.17) is 0 Å². The number of hydrogen-bond acceptors (Lipinski definition) is 5. The van der Waals surface area contributed by atoms with Crippen molar-refractivity contribution < 1.29 is 13.2 Å². The molecule has 0 aliphatic heterocycles. The van der Waals surface area contributed by atoms with Crippen molar-refractivity contribution in [1.82, 2.24) is 24.5 Å². The number of hydrogen-bond donors (Lipinski definition) is 1. The van der Waals surface area contributed by atoms with Gasteiger partial charge < -0.3 is 5.32 Å². The summed E-state index contributed by atoms with van der Waals surface area (Å²) in [5.41, 5.74) is 0.532. The van der Waals surface area contributed by atoms with E-state index in [0.717, 1.165) is 6.26 Å². The van der Waals surface area contributed by atoms with Gasteiger partial charge in [0.05, 0.1) is 12.1 Å². The lowest BCUT2D eigenvalue weighted by molar-refractivity contribution is 0.0933. The minimum absolute atomic E-state index is 0.0864. The molecule has 1 amide bonds. The Kier molecular flexibility index (Phi) is 4.10. The monoisotopic (exact) mass is 347 g/mol. The zero-order valence-corrected chi connectivity index (χ0v) is 14.1. The molecule has 126 valence electrons. The fraction of sp³-hybridized carbons (Fsp3) is 0.267. The average Bonchev–Trinajstić information content (AvgIpc) is 3.13. The van der Waals surface area contributed by atoms with Crippen molar-refractivity contribution in [2.24, 2.45) is 0 Å². The maximum absolute atomic E-state index is 12.5. The molecule has 0 saturated heterocycles. The van der Waals surface area contributed by atoms with E-state index in [9.17, 15) is 13.2 Å². The Morgan fingerprint density at radius 2 is 2.08 bits per heavy atom. The Morgan fingerprint density at radius 3 is 2.75 bits per heavy atom. The van der Waals surface area contributed by atoms with E-state index in [1.807, 2.05) is 6.92 Å². The highest BCUT2D eigenvalue weighted by atomic mass is 32.2. The molecular weight excluding hydrogens is 330 g/mol. The quantitative estimate of drug-likeness (QED) is 0.734. The molecule has 8 nitrogen and oxygen atoms in total. The third-order valence-corrected chi connectivity index (χ3v) is 4.41. The van der Waals surface area contributed by atoms with Crippen LogP contribution in [0.25, 0.3) is 5.52 Å². The molecule has 1 atom stereocenters. The lowest BCUT2D eigenvalue weighted by atomic mass is 10.2. The predicted octanol–water partition coefficient (Wildman–Crippen LogP) is 0.753. The van der Waals surface area contributed by atoms with Crippen LogP contribution in [0.15, 0.2) is 48.0 Å². The van der Waals surface area contributed by atoms with E-state index in [1.165, 1.54) is 4.40 Å². The van der Waals surface area contributed by atoms with E-state index < -0.39 is 15.7 Å². The van der Waals surface area contributed by atoms with Crippen molar-refractivity contribution in [2.45, 2.75) is 24.7 Å². The van der Waals surface area contributed by atoms with Gasteiger partial charge in [-0.15, -0.1) is 0 Å². The molecule has 24 heavy (non-hydrogen) atoms. The van der Waals surface area contributed by atoms with Gasteiger partial charge in [0.25, 0.3) is 5.91 Å². The summed E-state index contributed by atoms with van der Waals surface area (Å²) in [5, 5.41) is 6.76. The van der Waals surface area contributed by atoms with Gasteiger partial charge in [0.1, 0.15) is 0 Å². The fourth-order valence-electron chi connectivity index (χ4n) is 2.47. The molecule has 0 radical (unpaired) electrons. The first-order valence-corrected chi connectivity index (χ1v) is 9.21. The first-order chi connectivity index (χ1) is 11.4. The molecule has 1 N–H and O–H groups in total. The van der Waals surface area contributed by atoms with Crippen LogP contribution >= 0.6 is 0 Å². The summed E-state index contributed by atoms with van der Waals surface area (Å²) in [4.78, 5) is 16.6. The molecule has 1 unspecified atom stereocenters. The summed E-state index contributed by atoms with van der Waals surface area (Å²) in [6, 6.07) is 6.68. The van der Waals surface area contributed by atoms with Crippen molar-refractivity contribution in [1.29, 1.82) is 0 Å². The van der Waals surface area contributed by atoms with Gasteiger partial charge in [-0.2, -0.15) is 5.10 Å². The van der Waals surface area contributed by atoms with Gasteiger partial charge in [-0.1, -0.05) is 6.07 Å². The Hall–Kier alpha value is -2.68. The van der Waals surface area contributed by atoms with Crippen LogP contribution in [-0.4, -0.2) is 45.8 Å². The third-order valence-electron chi connectivity index (χ3n) is 3.46. The smallest absolute Gasteiger partial charge is 0.272 e. The van der Waals surface area contributed by atoms with Crippen LogP contribution in [0.3, 0.4) is 0 Å². The topological polar surface area (TPSA) is 98.4 Å². The zero-order chi connectivity index (χ0) is 17.3. The van der Waals surface area contributed by atoms with Crippen LogP contribution in [0.1, 0.15) is 17.4 Å². The van der Waals surface area contributed by atoms with Gasteiger partial charge in [-0.25, -0.2) is 13.4 Å². The van der Waals surface area contributed by atoms with E-state index in [0.29, 0.717) is 12.1 Å². The number of imidazole rings is 1. The lowest BCUT2D eigenvalue weighted by Crippen LogP contribution is -2.36. The largest absolute Gasteiger partial charge is 0.346 e. The summed E-state index contributed by atoms with van der Waals surface area (Å²) in [6.07, 6.45) is 6.10. The van der Waals surface area contributed by atoms with Gasteiger partial charge >= 0.3 is 0 Å². The molecule has 0 fully saturated rings. The number of nitrogens with zero attached hydrogens (tertiary/aromatic N) is 4. The van der Waals surface area contributed by atoms with Crippen molar-refractivity contribution >= 4 is 21.3 Å². The molecule has 0 aliphatic rings. The molecule has 3 rings (SSSR count). The van der Waals surface area contributed by atoms with E-state index in [2.05, 4.69) is 15.4 Å². The Morgan fingerprint density at radius 1 is 1.29 bits per heavy atom. The number of nitrogens with one attached hydrogen (secondary N) is 1. The van der Waals surface area contributed by atoms with Gasteiger partial charge in [0.15, 0.2) is 5.69 Å². The molecule has 0 saturated carbocycles. The van der Waals surface area contributed by atoms with Gasteiger partial charge in [0, 0.05) is 30.9 Å². The van der Waals surface area contributed by atoms with Crippen LogP contribution in [0.4, 0.5) is 0 Å². The second-order valence-corrected chi connectivity index (χ2v) is 7.48. The summed E-state index contributed by atoms with van der Waals surface area (Å²) in [7, 11) is -3.55. The molecule has 0 spiro atoms. The second kappa shape index (κ2) is 6.08. The number of carbonyl (C=O) groups excluding carboxylic acids is 1. The van der Waals surface area contributed by atoms with Crippen LogP contribution in [0.5, 0.6) is 0 Å². The molecule has 3 aromatic heterocycles. The normalized spacial score (nSPS) is 13.1. The Labute approximate surface area is 139 Å². The van der Waals surface area contributed by atoms with Crippen LogP contribution in [0, 0.1) is 0 Å². The molecule has 0 aromatic carbocycles. The predicted molar refractivity (Wildman–Crippen MR) is 87.5 cm³/mol. The van der Waals surface area contributed by atoms with E-state index in [1.54, 1.807) is 47.5 Å². The van der Waals surface area contributed by atoms with Gasteiger partial charge in [-0.3, -0.25) is 13.9 Å². The highest BCUT2D eigenvalue weighted by Gasteiger charge is 2.23. The number of amides is 1. The van der Waals surface area contributed by atoms with Crippen molar-refractivity contribution in [3.63, 3.8) is 0 Å².